The number of guanidine groups is 1. The first-order valence-corrected chi connectivity index (χ1v) is 11.7. The predicted octanol–water partition coefficient (Wildman–Crippen LogP) is 1.79. The van der Waals surface area contributed by atoms with E-state index in [9.17, 15) is 0 Å². The Morgan fingerprint density at radius 2 is 1.52 bits per heavy atom. The average molecular weight is 412 g/mol. The second-order valence-electron chi connectivity index (χ2n) is 8.78. The van der Waals surface area contributed by atoms with Crippen molar-refractivity contribution in [2.24, 2.45) is 10.9 Å². The normalized spacial score (nSPS) is 21.4. The summed E-state index contributed by atoms with van der Waals surface area (Å²) >= 11 is 0. The molecule has 0 aromatic heterocycles. The third-order valence-corrected chi connectivity index (χ3v) is 6.42. The third kappa shape index (κ3) is 7.70. The van der Waals surface area contributed by atoms with E-state index in [-0.39, 0.29) is 5.54 Å². The van der Waals surface area contributed by atoms with Crippen LogP contribution in [0.1, 0.15) is 47.5 Å². The van der Waals surface area contributed by atoms with E-state index in [4.69, 9.17) is 14.5 Å². The van der Waals surface area contributed by atoms with Crippen molar-refractivity contribution in [1.29, 1.82) is 0 Å². The van der Waals surface area contributed by atoms with Gasteiger partial charge in [-0.3, -0.25) is 14.8 Å². The van der Waals surface area contributed by atoms with Gasteiger partial charge in [-0.25, -0.2) is 0 Å². The van der Waals surface area contributed by atoms with Crippen LogP contribution in [0.15, 0.2) is 4.99 Å². The zero-order chi connectivity index (χ0) is 21.1. The molecule has 2 aliphatic heterocycles. The molecule has 7 heteroatoms. The molecule has 0 saturated carbocycles. The van der Waals surface area contributed by atoms with Gasteiger partial charge in [0.25, 0.3) is 0 Å². The molecule has 0 spiro atoms. The zero-order valence-electron chi connectivity index (χ0n) is 19.5. The molecule has 29 heavy (non-hydrogen) atoms. The molecule has 2 saturated heterocycles. The number of morpholine rings is 2. The van der Waals surface area contributed by atoms with Gasteiger partial charge in [-0.1, -0.05) is 26.7 Å². The van der Waals surface area contributed by atoms with Crippen LogP contribution >= 0.6 is 0 Å². The van der Waals surface area contributed by atoms with Gasteiger partial charge in [-0.15, -0.1) is 0 Å². The molecular formula is C22H45N5O2. The maximum absolute atomic E-state index is 5.58. The number of hydrogen-bond donors (Lipinski definition) is 2. The van der Waals surface area contributed by atoms with Gasteiger partial charge in [0.15, 0.2) is 5.96 Å². The first kappa shape index (κ1) is 24.4. The van der Waals surface area contributed by atoms with Crippen molar-refractivity contribution in [3.63, 3.8) is 0 Å². The largest absolute Gasteiger partial charge is 0.379 e. The third-order valence-electron chi connectivity index (χ3n) is 6.42. The Labute approximate surface area is 178 Å². The Balaban J connectivity index is 1.99. The minimum absolute atomic E-state index is 0.0329. The highest BCUT2D eigenvalue weighted by molar-refractivity contribution is 5.79. The molecule has 2 aliphatic rings. The molecule has 0 aromatic rings. The van der Waals surface area contributed by atoms with Crippen molar-refractivity contribution in [3.8, 4) is 0 Å². The summed E-state index contributed by atoms with van der Waals surface area (Å²) in [5, 5.41) is 7.10. The van der Waals surface area contributed by atoms with Crippen molar-refractivity contribution in [3.05, 3.63) is 0 Å². The SMILES string of the molecule is CCNC(=NCC(C)(C)N1CCOCC1)NCC(C(CC)CC)N1CCOCC1. The van der Waals surface area contributed by atoms with Gasteiger partial charge in [0.05, 0.1) is 33.0 Å². The maximum Gasteiger partial charge on any atom is 0.191 e. The number of hydrogen-bond acceptors (Lipinski definition) is 5. The standard InChI is InChI=1S/C22H45N5O2/c1-6-19(7-2)20(26-9-13-28-14-10-26)17-24-21(23-8-3)25-18-22(4,5)27-11-15-29-16-12-27/h19-20H,6-18H2,1-5H3,(H2,23,24,25). The summed E-state index contributed by atoms with van der Waals surface area (Å²) in [4.78, 5) is 10.1. The highest BCUT2D eigenvalue weighted by Gasteiger charge is 2.29. The second-order valence-corrected chi connectivity index (χ2v) is 8.78. The number of nitrogens with zero attached hydrogens (tertiary/aromatic N) is 3. The molecule has 1 atom stereocenters. The molecule has 7 nitrogen and oxygen atoms in total. The Bertz CT molecular complexity index is 470. The van der Waals surface area contributed by atoms with Gasteiger partial charge < -0.3 is 20.1 Å². The van der Waals surface area contributed by atoms with Crippen LogP contribution in [0.2, 0.25) is 0 Å². The fraction of sp³-hybridized carbons (Fsp3) is 0.955. The van der Waals surface area contributed by atoms with Gasteiger partial charge in [0.1, 0.15) is 0 Å². The van der Waals surface area contributed by atoms with Crippen LogP contribution < -0.4 is 10.6 Å². The molecule has 0 amide bonds. The Hall–Kier alpha value is -0.890. The topological polar surface area (TPSA) is 61.4 Å². The lowest BCUT2D eigenvalue weighted by Crippen LogP contribution is -2.54. The predicted molar refractivity (Wildman–Crippen MR) is 121 cm³/mol. The van der Waals surface area contributed by atoms with E-state index in [1.807, 2.05) is 0 Å². The molecule has 2 rings (SSSR count). The number of rotatable bonds is 10. The highest BCUT2D eigenvalue weighted by Crippen LogP contribution is 2.20. The number of nitrogens with one attached hydrogen (secondary N) is 2. The van der Waals surface area contributed by atoms with E-state index >= 15 is 0 Å². The summed E-state index contributed by atoms with van der Waals surface area (Å²) < 4.78 is 11.1. The Morgan fingerprint density at radius 3 is 2.07 bits per heavy atom. The monoisotopic (exact) mass is 411 g/mol. The van der Waals surface area contributed by atoms with Crippen LogP contribution in [0, 0.1) is 5.92 Å². The summed E-state index contributed by atoms with van der Waals surface area (Å²) in [6.45, 7) is 21.3. The summed E-state index contributed by atoms with van der Waals surface area (Å²) in [5.74, 6) is 1.62. The maximum atomic E-state index is 5.58. The summed E-state index contributed by atoms with van der Waals surface area (Å²) in [5.41, 5.74) is 0.0329. The van der Waals surface area contributed by atoms with Crippen LogP contribution in [0.5, 0.6) is 0 Å². The molecular weight excluding hydrogens is 366 g/mol. The molecule has 0 radical (unpaired) electrons. The smallest absolute Gasteiger partial charge is 0.191 e. The number of aliphatic imine (C=N–C) groups is 1. The first-order valence-electron chi connectivity index (χ1n) is 11.7. The van der Waals surface area contributed by atoms with Crippen molar-refractivity contribution in [1.82, 2.24) is 20.4 Å². The first-order chi connectivity index (χ1) is 14.0. The summed E-state index contributed by atoms with van der Waals surface area (Å²) in [6, 6.07) is 0.519. The second kappa shape index (κ2) is 12.7. The van der Waals surface area contributed by atoms with Crippen molar-refractivity contribution >= 4 is 5.96 Å². The molecule has 1 unspecified atom stereocenters. The van der Waals surface area contributed by atoms with E-state index in [0.717, 1.165) is 78.2 Å². The quantitative estimate of drug-likeness (QED) is 0.422. The van der Waals surface area contributed by atoms with E-state index in [2.05, 4.69) is 55.1 Å². The molecule has 0 aliphatic carbocycles. The number of ether oxygens (including phenoxy) is 2. The summed E-state index contributed by atoms with van der Waals surface area (Å²) in [6.07, 6.45) is 2.41. The van der Waals surface area contributed by atoms with Gasteiger partial charge in [0.2, 0.25) is 0 Å². The minimum Gasteiger partial charge on any atom is -0.379 e. The van der Waals surface area contributed by atoms with E-state index in [1.54, 1.807) is 0 Å². The molecule has 0 bridgehead atoms. The van der Waals surface area contributed by atoms with Gasteiger partial charge in [-0.2, -0.15) is 0 Å². The average Bonchev–Trinajstić information content (AvgIpc) is 2.76. The lowest BCUT2D eigenvalue weighted by molar-refractivity contribution is -0.00687. The van der Waals surface area contributed by atoms with E-state index in [1.165, 1.54) is 12.8 Å². The lowest BCUT2D eigenvalue weighted by atomic mass is 9.92. The molecule has 2 heterocycles. The Morgan fingerprint density at radius 1 is 0.931 bits per heavy atom. The highest BCUT2D eigenvalue weighted by atomic mass is 16.5. The molecule has 170 valence electrons. The van der Waals surface area contributed by atoms with Crippen LogP contribution in [0.4, 0.5) is 0 Å². The zero-order valence-corrected chi connectivity index (χ0v) is 19.5. The van der Waals surface area contributed by atoms with E-state index < -0.39 is 0 Å². The van der Waals surface area contributed by atoms with Gasteiger partial charge in [-0.05, 0) is 26.7 Å². The van der Waals surface area contributed by atoms with Crippen LogP contribution in [0.25, 0.3) is 0 Å². The fourth-order valence-electron chi connectivity index (χ4n) is 4.42. The van der Waals surface area contributed by atoms with Crippen molar-refractivity contribution in [2.45, 2.75) is 59.0 Å². The fourth-order valence-corrected chi connectivity index (χ4v) is 4.42. The molecule has 0 aromatic carbocycles. The van der Waals surface area contributed by atoms with Crippen molar-refractivity contribution in [2.75, 3.05) is 72.2 Å². The van der Waals surface area contributed by atoms with Crippen LogP contribution in [-0.4, -0.2) is 99.6 Å². The van der Waals surface area contributed by atoms with Crippen LogP contribution in [0.3, 0.4) is 0 Å². The van der Waals surface area contributed by atoms with Crippen LogP contribution in [-0.2, 0) is 9.47 Å². The van der Waals surface area contributed by atoms with Gasteiger partial charge >= 0.3 is 0 Å². The van der Waals surface area contributed by atoms with Gasteiger partial charge in [0, 0.05) is 50.8 Å². The minimum atomic E-state index is 0.0329. The lowest BCUT2D eigenvalue weighted by Gasteiger charge is -2.40. The van der Waals surface area contributed by atoms with Crippen molar-refractivity contribution < 1.29 is 9.47 Å². The molecule has 2 N–H and O–H groups in total. The van der Waals surface area contributed by atoms with E-state index in [0.29, 0.717) is 12.0 Å². The molecule has 2 fully saturated rings. The Kier molecular flexibility index (Phi) is 10.7. The summed E-state index contributed by atoms with van der Waals surface area (Å²) in [7, 11) is 0.